The molecule has 7 nitrogen and oxygen atoms in total. The normalized spacial score (nSPS) is 14.7. The third kappa shape index (κ3) is 3.29. The van der Waals surface area contributed by atoms with E-state index in [1.54, 1.807) is 42.0 Å². The zero-order valence-corrected chi connectivity index (χ0v) is 16.6. The van der Waals surface area contributed by atoms with Gasteiger partial charge in [0.25, 0.3) is 5.56 Å². The van der Waals surface area contributed by atoms with Crippen molar-refractivity contribution in [1.82, 2.24) is 9.55 Å². The lowest BCUT2D eigenvalue weighted by Gasteiger charge is -2.21. The molecule has 0 saturated heterocycles. The predicted molar refractivity (Wildman–Crippen MR) is 111 cm³/mol. The molecule has 2 heterocycles. The molecule has 0 unspecified atom stereocenters. The molecule has 1 aliphatic heterocycles. The van der Waals surface area contributed by atoms with Crippen LogP contribution in [-0.2, 0) is 6.54 Å². The molecule has 0 spiro atoms. The average molecular weight is 394 g/mol. The molecule has 1 aliphatic rings. The number of methoxy groups -OCH3 is 3. The SMILES string of the molecule is COc1ccc2nc3n(c(=O)c2c1)CCC/C3=C\c1cc(OC)c(O)c(OC)c1. The first-order valence-corrected chi connectivity index (χ1v) is 9.30. The predicted octanol–water partition coefficient (Wildman–Crippen LogP) is 3.46. The van der Waals surface area contributed by atoms with Crippen LogP contribution in [0.5, 0.6) is 23.0 Å². The third-order valence-electron chi connectivity index (χ3n) is 5.12. The van der Waals surface area contributed by atoms with Crippen molar-refractivity contribution in [1.29, 1.82) is 0 Å². The number of ether oxygens (including phenoxy) is 3. The second-order valence-corrected chi connectivity index (χ2v) is 6.82. The summed E-state index contributed by atoms with van der Waals surface area (Å²) in [4.78, 5) is 17.8. The summed E-state index contributed by atoms with van der Waals surface area (Å²) in [5, 5.41) is 10.7. The van der Waals surface area contributed by atoms with E-state index < -0.39 is 0 Å². The lowest BCUT2D eigenvalue weighted by Crippen LogP contribution is -2.27. The van der Waals surface area contributed by atoms with Crippen molar-refractivity contribution >= 4 is 22.6 Å². The molecule has 0 atom stereocenters. The van der Waals surface area contributed by atoms with E-state index >= 15 is 0 Å². The molecule has 2 aromatic carbocycles. The molecule has 29 heavy (non-hydrogen) atoms. The van der Waals surface area contributed by atoms with Crippen molar-refractivity contribution in [2.45, 2.75) is 19.4 Å². The van der Waals surface area contributed by atoms with Crippen molar-refractivity contribution < 1.29 is 19.3 Å². The van der Waals surface area contributed by atoms with Gasteiger partial charge in [0.05, 0.1) is 32.2 Å². The maximum absolute atomic E-state index is 13.1. The standard InChI is InChI=1S/C22H22N2O5/c1-27-15-6-7-17-16(12-15)22(26)24-8-4-5-14(21(24)23-17)9-13-10-18(28-2)20(25)19(11-13)29-3/h6-7,9-12,25H,4-5,8H2,1-3H3/b14-9+. The van der Waals surface area contributed by atoms with Gasteiger partial charge in [0.2, 0.25) is 5.75 Å². The van der Waals surface area contributed by atoms with E-state index in [1.807, 2.05) is 6.08 Å². The number of phenolic OH excluding ortho intramolecular Hbond substituents is 1. The number of fused-ring (bicyclic) bond motifs is 2. The van der Waals surface area contributed by atoms with Crippen LogP contribution in [0.3, 0.4) is 0 Å². The van der Waals surface area contributed by atoms with Gasteiger partial charge in [-0.25, -0.2) is 4.98 Å². The van der Waals surface area contributed by atoms with Gasteiger partial charge in [0, 0.05) is 6.54 Å². The summed E-state index contributed by atoms with van der Waals surface area (Å²) in [6, 6.07) is 8.79. The summed E-state index contributed by atoms with van der Waals surface area (Å²) in [6.45, 7) is 0.619. The average Bonchev–Trinajstić information content (AvgIpc) is 2.75. The minimum atomic E-state index is -0.0737. The molecule has 0 aliphatic carbocycles. The number of nitrogens with zero attached hydrogens (tertiary/aromatic N) is 2. The summed E-state index contributed by atoms with van der Waals surface area (Å²) in [5.41, 5.74) is 2.30. The number of rotatable bonds is 4. The first kappa shape index (κ1) is 18.9. The fourth-order valence-electron chi connectivity index (χ4n) is 3.65. The van der Waals surface area contributed by atoms with Crippen LogP contribution in [0.1, 0.15) is 24.2 Å². The van der Waals surface area contributed by atoms with Crippen molar-refractivity contribution in [3.8, 4) is 23.0 Å². The molecule has 150 valence electrons. The topological polar surface area (TPSA) is 82.8 Å². The van der Waals surface area contributed by atoms with Crippen molar-refractivity contribution in [2.75, 3.05) is 21.3 Å². The first-order valence-electron chi connectivity index (χ1n) is 9.30. The highest BCUT2D eigenvalue weighted by Gasteiger charge is 2.20. The van der Waals surface area contributed by atoms with Gasteiger partial charge >= 0.3 is 0 Å². The number of hydrogen-bond acceptors (Lipinski definition) is 6. The van der Waals surface area contributed by atoms with Crippen LogP contribution in [0.25, 0.3) is 22.6 Å². The minimum Gasteiger partial charge on any atom is -0.502 e. The monoisotopic (exact) mass is 394 g/mol. The Morgan fingerprint density at radius 3 is 2.45 bits per heavy atom. The number of benzene rings is 2. The van der Waals surface area contributed by atoms with E-state index in [-0.39, 0.29) is 11.3 Å². The number of aromatic hydroxyl groups is 1. The molecule has 0 amide bonds. The highest BCUT2D eigenvalue weighted by molar-refractivity contribution is 5.85. The molecule has 0 radical (unpaired) electrons. The van der Waals surface area contributed by atoms with Crippen LogP contribution in [0.4, 0.5) is 0 Å². The smallest absolute Gasteiger partial charge is 0.261 e. The molecule has 3 aromatic rings. The van der Waals surface area contributed by atoms with Gasteiger partial charge < -0.3 is 19.3 Å². The molecular weight excluding hydrogens is 372 g/mol. The van der Waals surface area contributed by atoms with Crippen LogP contribution >= 0.6 is 0 Å². The number of hydrogen-bond donors (Lipinski definition) is 1. The second kappa shape index (κ2) is 7.50. The Kier molecular flexibility index (Phi) is 4.88. The Morgan fingerprint density at radius 1 is 1.07 bits per heavy atom. The lowest BCUT2D eigenvalue weighted by atomic mass is 10.0. The maximum Gasteiger partial charge on any atom is 0.261 e. The molecule has 1 N–H and O–H groups in total. The lowest BCUT2D eigenvalue weighted by molar-refractivity contribution is 0.340. The Morgan fingerprint density at radius 2 is 1.79 bits per heavy atom. The number of aromatic nitrogens is 2. The van der Waals surface area contributed by atoms with Gasteiger partial charge in [-0.1, -0.05) is 0 Å². The fourth-order valence-corrected chi connectivity index (χ4v) is 3.65. The first-order chi connectivity index (χ1) is 14.0. The maximum atomic E-state index is 13.1. The van der Waals surface area contributed by atoms with Crippen LogP contribution in [0, 0.1) is 0 Å². The second-order valence-electron chi connectivity index (χ2n) is 6.82. The van der Waals surface area contributed by atoms with Gasteiger partial charge in [0.1, 0.15) is 11.6 Å². The Balaban J connectivity index is 1.88. The van der Waals surface area contributed by atoms with Crippen LogP contribution in [0.2, 0.25) is 0 Å². The third-order valence-corrected chi connectivity index (χ3v) is 5.12. The highest BCUT2D eigenvalue weighted by Crippen LogP contribution is 2.38. The van der Waals surface area contributed by atoms with Gasteiger partial charge in [-0.2, -0.15) is 0 Å². The number of allylic oxidation sites excluding steroid dienone is 1. The molecule has 0 saturated carbocycles. The highest BCUT2D eigenvalue weighted by atomic mass is 16.5. The molecule has 4 rings (SSSR count). The van der Waals surface area contributed by atoms with E-state index in [4.69, 9.17) is 19.2 Å². The Labute approximate surface area is 167 Å². The summed E-state index contributed by atoms with van der Waals surface area (Å²) in [6.07, 6.45) is 3.58. The van der Waals surface area contributed by atoms with Gasteiger partial charge in [-0.05, 0) is 60.4 Å². The molecule has 0 bridgehead atoms. The molecule has 7 heteroatoms. The number of phenols is 1. The molecular formula is C22H22N2O5. The van der Waals surface area contributed by atoms with E-state index in [9.17, 15) is 9.90 Å². The summed E-state index contributed by atoms with van der Waals surface area (Å²) in [5.74, 6) is 1.89. The van der Waals surface area contributed by atoms with Crippen LogP contribution < -0.4 is 19.8 Å². The van der Waals surface area contributed by atoms with Crippen molar-refractivity contribution in [2.24, 2.45) is 0 Å². The molecule has 1 aromatic heterocycles. The fraction of sp³-hybridized carbons (Fsp3) is 0.273. The summed E-state index contributed by atoms with van der Waals surface area (Å²) >= 11 is 0. The Bertz CT molecular complexity index is 1150. The van der Waals surface area contributed by atoms with E-state index in [1.165, 1.54) is 14.2 Å². The van der Waals surface area contributed by atoms with Crippen molar-refractivity contribution in [3.05, 3.63) is 52.1 Å². The summed E-state index contributed by atoms with van der Waals surface area (Å²) < 4.78 is 17.4. The molecule has 0 fully saturated rings. The van der Waals surface area contributed by atoms with Crippen LogP contribution in [0.15, 0.2) is 35.1 Å². The van der Waals surface area contributed by atoms with Gasteiger partial charge in [0.15, 0.2) is 11.5 Å². The van der Waals surface area contributed by atoms with Crippen LogP contribution in [-0.4, -0.2) is 36.0 Å². The van der Waals surface area contributed by atoms with E-state index in [0.29, 0.717) is 40.5 Å². The van der Waals surface area contributed by atoms with Crippen molar-refractivity contribution in [3.63, 3.8) is 0 Å². The quantitative estimate of drug-likeness (QED) is 0.730. The minimum absolute atomic E-state index is 0.0459. The van der Waals surface area contributed by atoms with E-state index in [2.05, 4.69) is 0 Å². The summed E-state index contributed by atoms with van der Waals surface area (Å²) in [7, 11) is 4.55. The van der Waals surface area contributed by atoms with E-state index in [0.717, 1.165) is 24.0 Å². The van der Waals surface area contributed by atoms with Gasteiger partial charge in [-0.15, -0.1) is 0 Å². The zero-order chi connectivity index (χ0) is 20.5. The zero-order valence-electron chi connectivity index (χ0n) is 16.6. The largest absolute Gasteiger partial charge is 0.502 e. The van der Waals surface area contributed by atoms with Gasteiger partial charge in [-0.3, -0.25) is 9.36 Å². The Hall–Kier alpha value is -3.48.